The molecule has 0 nitrogen and oxygen atoms in total. The molecule has 0 bridgehead atoms. The lowest BCUT2D eigenvalue weighted by molar-refractivity contribution is 0.601. The third kappa shape index (κ3) is 4.69. The van der Waals surface area contributed by atoms with Crippen molar-refractivity contribution in [2.75, 3.05) is 0 Å². The summed E-state index contributed by atoms with van der Waals surface area (Å²) in [5, 5.41) is 7.79. The summed E-state index contributed by atoms with van der Waals surface area (Å²) in [6.07, 6.45) is 0. The molecule has 0 saturated heterocycles. The number of fused-ring (bicyclic) bond motifs is 6. The average Bonchev–Trinajstić information content (AvgIpc) is 3.50. The smallest absolute Gasteiger partial charge is 0.0622 e. The van der Waals surface area contributed by atoms with Gasteiger partial charge in [0.25, 0.3) is 0 Å². The third-order valence-electron chi connectivity index (χ3n) is 11.6. The van der Waals surface area contributed by atoms with Crippen LogP contribution < -0.4 is 0 Å². The summed E-state index contributed by atoms with van der Waals surface area (Å²) in [5.74, 6) is 0. The van der Waals surface area contributed by atoms with Crippen LogP contribution in [0.15, 0.2) is 188 Å². The topological polar surface area (TPSA) is 0 Å². The van der Waals surface area contributed by atoms with Crippen molar-refractivity contribution in [3.63, 3.8) is 0 Å². The predicted molar refractivity (Wildman–Crippen MR) is 226 cm³/mol. The van der Waals surface area contributed by atoms with Gasteiger partial charge in [0.15, 0.2) is 0 Å². The van der Waals surface area contributed by atoms with Crippen LogP contribution in [0.2, 0.25) is 0 Å². The molecule has 0 saturated carbocycles. The fraction of sp³-hybridized carbons (Fsp3) is 0.0943. The summed E-state index contributed by atoms with van der Waals surface area (Å²) >= 11 is 0. The van der Waals surface area contributed by atoms with Crippen LogP contribution >= 0.6 is 0 Å². The van der Waals surface area contributed by atoms with E-state index in [1.807, 2.05) is 0 Å². The molecule has 252 valence electrons. The fourth-order valence-electron chi connectivity index (χ4n) is 9.52. The van der Waals surface area contributed by atoms with Crippen molar-refractivity contribution in [1.29, 1.82) is 0 Å². The number of hydrogen-bond acceptors (Lipinski definition) is 0. The van der Waals surface area contributed by atoms with Gasteiger partial charge in [-0.3, -0.25) is 0 Å². The molecule has 53 heavy (non-hydrogen) atoms. The van der Waals surface area contributed by atoms with Gasteiger partial charge in [0.2, 0.25) is 0 Å². The molecule has 9 aromatic rings. The van der Waals surface area contributed by atoms with E-state index in [1.54, 1.807) is 0 Å². The van der Waals surface area contributed by atoms with Gasteiger partial charge in [-0.05, 0) is 111 Å². The molecular formula is C53H40. The summed E-state index contributed by atoms with van der Waals surface area (Å²) in [5.41, 5.74) is 13.8. The molecule has 1 aliphatic carbocycles. The summed E-state index contributed by atoms with van der Waals surface area (Å²) in [7, 11) is 0. The Morgan fingerprint density at radius 1 is 0.358 bits per heavy atom. The van der Waals surface area contributed by atoms with Crippen LogP contribution in [0, 0.1) is 0 Å². The van der Waals surface area contributed by atoms with Crippen LogP contribution in [0.25, 0.3) is 65.7 Å². The lowest BCUT2D eigenvalue weighted by Crippen LogP contribution is -2.28. The largest absolute Gasteiger partial charge is 0.0713 e. The minimum Gasteiger partial charge on any atom is -0.0622 e. The molecule has 0 heteroatoms. The number of hydrogen-bond donors (Lipinski definition) is 0. The third-order valence-corrected chi connectivity index (χ3v) is 11.6. The lowest BCUT2D eigenvalue weighted by atomic mass is 9.67. The van der Waals surface area contributed by atoms with Gasteiger partial charge in [-0.25, -0.2) is 0 Å². The van der Waals surface area contributed by atoms with Gasteiger partial charge in [-0.2, -0.15) is 0 Å². The molecule has 0 atom stereocenters. The van der Waals surface area contributed by atoms with Gasteiger partial charge >= 0.3 is 0 Å². The van der Waals surface area contributed by atoms with E-state index in [9.17, 15) is 0 Å². The molecule has 1 aliphatic rings. The zero-order valence-electron chi connectivity index (χ0n) is 30.4. The second-order valence-electron chi connectivity index (χ2n) is 15.6. The van der Waals surface area contributed by atoms with Crippen molar-refractivity contribution >= 4 is 32.3 Å². The zero-order valence-corrected chi connectivity index (χ0v) is 30.4. The molecule has 0 spiro atoms. The summed E-state index contributed by atoms with van der Waals surface area (Å²) in [6, 6.07) is 70.2. The van der Waals surface area contributed by atoms with Crippen molar-refractivity contribution in [2.24, 2.45) is 0 Å². The maximum absolute atomic E-state index is 2.49. The molecule has 10 rings (SSSR count). The van der Waals surface area contributed by atoms with Crippen LogP contribution in [-0.2, 0) is 10.8 Å². The van der Waals surface area contributed by atoms with E-state index in [-0.39, 0.29) is 5.41 Å². The van der Waals surface area contributed by atoms with E-state index in [2.05, 4.69) is 209 Å². The van der Waals surface area contributed by atoms with E-state index in [0.717, 1.165) is 0 Å². The van der Waals surface area contributed by atoms with Crippen molar-refractivity contribution < 1.29 is 0 Å². The van der Waals surface area contributed by atoms with Gasteiger partial charge in [0, 0.05) is 0 Å². The second kappa shape index (κ2) is 11.9. The number of benzene rings is 9. The predicted octanol–water partition coefficient (Wildman–Crippen LogP) is 14.1. The van der Waals surface area contributed by atoms with E-state index in [0.29, 0.717) is 0 Å². The van der Waals surface area contributed by atoms with Crippen LogP contribution in [0.3, 0.4) is 0 Å². The van der Waals surface area contributed by atoms with Crippen LogP contribution in [-0.4, -0.2) is 0 Å². The SMILES string of the molecule is CC(C)(C)c1c2ccccc2c(-c2cccc3ccccc23)c2ccc(-c3ccc4c(c3)C(c3ccccc3)(c3ccccc3)c3ccccc3-4)cc12. The summed E-state index contributed by atoms with van der Waals surface area (Å²) in [6.45, 7) is 7.08. The Morgan fingerprint density at radius 3 is 1.62 bits per heavy atom. The van der Waals surface area contributed by atoms with Crippen molar-refractivity contribution in [3.05, 3.63) is 216 Å². The Labute approximate surface area is 312 Å². The van der Waals surface area contributed by atoms with Crippen molar-refractivity contribution in [2.45, 2.75) is 31.6 Å². The summed E-state index contributed by atoms with van der Waals surface area (Å²) < 4.78 is 0. The lowest BCUT2D eigenvalue weighted by Gasteiger charge is -2.34. The van der Waals surface area contributed by atoms with E-state index >= 15 is 0 Å². The molecular weight excluding hydrogens is 637 g/mol. The highest BCUT2D eigenvalue weighted by Crippen LogP contribution is 2.57. The minimum absolute atomic E-state index is 0.0802. The van der Waals surface area contributed by atoms with Crippen molar-refractivity contribution in [1.82, 2.24) is 0 Å². The first-order chi connectivity index (χ1) is 25.9. The quantitative estimate of drug-likeness (QED) is 0.163. The molecule has 0 N–H and O–H groups in total. The Kier molecular flexibility index (Phi) is 7.07. The number of rotatable bonds is 4. The molecule has 0 amide bonds. The van der Waals surface area contributed by atoms with E-state index < -0.39 is 5.41 Å². The maximum atomic E-state index is 2.49. The van der Waals surface area contributed by atoms with Gasteiger partial charge in [-0.1, -0.05) is 197 Å². The molecule has 0 fully saturated rings. The normalized spacial score (nSPS) is 13.3. The van der Waals surface area contributed by atoms with Crippen LogP contribution in [0.5, 0.6) is 0 Å². The Hall–Kier alpha value is -6.24. The highest BCUT2D eigenvalue weighted by atomic mass is 14.5. The van der Waals surface area contributed by atoms with Gasteiger partial charge in [0.1, 0.15) is 0 Å². The zero-order chi connectivity index (χ0) is 35.7. The second-order valence-corrected chi connectivity index (χ2v) is 15.6. The van der Waals surface area contributed by atoms with Gasteiger partial charge < -0.3 is 0 Å². The first kappa shape index (κ1) is 31.5. The van der Waals surface area contributed by atoms with Gasteiger partial charge in [-0.15, -0.1) is 0 Å². The average molecular weight is 677 g/mol. The van der Waals surface area contributed by atoms with E-state index in [1.165, 1.54) is 93.5 Å². The van der Waals surface area contributed by atoms with E-state index in [4.69, 9.17) is 0 Å². The van der Waals surface area contributed by atoms with Crippen LogP contribution in [0.1, 0.15) is 48.6 Å². The fourth-order valence-corrected chi connectivity index (χ4v) is 9.52. The monoisotopic (exact) mass is 676 g/mol. The van der Waals surface area contributed by atoms with Crippen LogP contribution in [0.4, 0.5) is 0 Å². The first-order valence-corrected chi connectivity index (χ1v) is 18.8. The van der Waals surface area contributed by atoms with Crippen molar-refractivity contribution in [3.8, 4) is 33.4 Å². The molecule has 0 aliphatic heterocycles. The molecule has 9 aromatic carbocycles. The Morgan fingerprint density at radius 2 is 0.887 bits per heavy atom. The summed E-state index contributed by atoms with van der Waals surface area (Å²) in [4.78, 5) is 0. The molecule has 0 unspecified atom stereocenters. The standard InChI is InChI=1S/C53H40/c1-52(2,3)51-46-26-13-12-25-44(46)50(43-27-16-18-35-17-10-11-23-40(35)43)45-32-30-36(33-47(45)51)37-29-31-42-41-24-14-15-28-48(41)53(49(42)34-37,38-19-6-4-7-20-38)39-21-8-5-9-22-39/h4-34H,1-3H3. The molecule has 0 radical (unpaired) electrons. The maximum Gasteiger partial charge on any atom is 0.0713 e. The minimum atomic E-state index is -0.435. The Balaban J connectivity index is 1.27. The van der Waals surface area contributed by atoms with Gasteiger partial charge in [0.05, 0.1) is 5.41 Å². The highest BCUT2D eigenvalue weighted by molar-refractivity contribution is 6.19. The Bertz CT molecular complexity index is 2810. The first-order valence-electron chi connectivity index (χ1n) is 18.8. The highest BCUT2D eigenvalue weighted by Gasteiger charge is 2.46. The molecule has 0 aromatic heterocycles. The molecule has 0 heterocycles.